The molecule has 0 aromatic heterocycles. The van der Waals surface area contributed by atoms with Crippen molar-refractivity contribution in [2.75, 3.05) is 21.0 Å². The van der Waals surface area contributed by atoms with Crippen molar-refractivity contribution in [2.24, 2.45) is 5.16 Å². The minimum absolute atomic E-state index is 0.0397. The Morgan fingerprint density at radius 3 is 2.62 bits per heavy atom. The number of ketones is 1. The van der Waals surface area contributed by atoms with Crippen LogP contribution in [0.2, 0.25) is 0 Å². The molecule has 0 amide bonds. The molecule has 0 aliphatic rings. The van der Waals surface area contributed by atoms with Crippen molar-refractivity contribution in [3.63, 3.8) is 0 Å². The summed E-state index contributed by atoms with van der Waals surface area (Å²) in [5.41, 5.74) is 0. The number of Topliss-reactive ketones (excluding diaryl/α,β-unsaturated/α-hetero) is 1. The van der Waals surface area contributed by atoms with Gasteiger partial charge in [-0.1, -0.05) is 5.16 Å². The molecule has 0 spiro atoms. The molecule has 0 fully saturated rings. The molecule has 0 heterocycles. The van der Waals surface area contributed by atoms with Gasteiger partial charge >= 0.3 is 5.97 Å². The van der Waals surface area contributed by atoms with E-state index in [1.807, 2.05) is 0 Å². The summed E-state index contributed by atoms with van der Waals surface area (Å²) in [4.78, 5) is 25.8. The maximum atomic E-state index is 10.8. The van der Waals surface area contributed by atoms with Crippen LogP contribution in [0.3, 0.4) is 0 Å². The summed E-state index contributed by atoms with van der Waals surface area (Å²) in [5.74, 6) is -1.09. The van der Waals surface area contributed by atoms with Gasteiger partial charge in [-0.3, -0.25) is 9.59 Å². The highest BCUT2D eigenvalue weighted by Crippen LogP contribution is 1.85. The first-order valence-electron chi connectivity index (χ1n) is 3.44. The number of oxime groups is 1. The standard InChI is InChI=1S/C7H11NO5/c1-11-5-13-8-4-6(9)3-7(10)12-2/h4H,3,5H2,1-2H3. The Kier molecular flexibility index (Phi) is 6.44. The normalized spacial score (nSPS) is 10.0. The lowest BCUT2D eigenvalue weighted by atomic mass is 10.3. The number of esters is 1. The van der Waals surface area contributed by atoms with Gasteiger partial charge in [0.15, 0.2) is 5.78 Å². The minimum Gasteiger partial charge on any atom is -0.469 e. The molecule has 6 nitrogen and oxygen atoms in total. The summed E-state index contributed by atoms with van der Waals surface area (Å²) in [6.07, 6.45) is 0.562. The minimum atomic E-state index is -0.608. The Morgan fingerprint density at radius 1 is 1.38 bits per heavy atom. The van der Waals surface area contributed by atoms with Crippen molar-refractivity contribution >= 4 is 18.0 Å². The maximum absolute atomic E-state index is 10.8. The van der Waals surface area contributed by atoms with Crippen LogP contribution in [0.25, 0.3) is 0 Å². The van der Waals surface area contributed by atoms with Gasteiger partial charge in [-0.25, -0.2) is 0 Å². The zero-order valence-corrected chi connectivity index (χ0v) is 7.48. The van der Waals surface area contributed by atoms with Gasteiger partial charge in [-0.05, 0) is 0 Å². The van der Waals surface area contributed by atoms with E-state index in [0.29, 0.717) is 0 Å². The molecule has 0 N–H and O–H groups in total. The van der Waals surface area contributed by atoms with Crippen LogP contribution in [0.4, 0.5) is 0 Å². The van der Waals surface area contributed by atoms with Gasteiger partial charge in [0.2, 0.25) is 6.79 Å². The molecule has 74 valence electrons. The van der Waals surface area contributed by atoms with Crippen LogP contribution >= 0.6 is 0 Å². The third-order valence-electron chi connectivity index (χ3n) is 0.988. The van der Waals surface area contributed by atoms with Crippen molar-refractivity contribution in [1.82, 2.24) is 0 Å². The topological polar surface area (TPSA) is 74.2 Å². The van der Waals surface area contributed by atoms with Crippen LogP contribution < -0.4 is 0 Å². The Bertz CT molecular complexity index is 201. The van der Waals surface area contributed by atoms with Gasteiger partial charge < -0.3 is 14.3 Å². The fraction of sp³-hybridized carbons (Fsp3) is 0.571. The Labute approximate surface area is 75.4 Å². The Morgan fingerprint density at radius 2 is 2.08 bits per heavy atom. The molecule has 6 heteroatoms. The van der Waals surface area contributed by atoms with Crippen LogP contribution in [0.15, 0.2) is 5.16 Å². The maximum Gasteiger partial charge on any atom is 0.313 e. The molecule has 0 rings (SSSR count). The lowest BCUT2D eigenvalue weighted by Crippen LogP contribution is -2.10. The second kappa shape index (κ2) is 7.23. The highest BCUT2D eigenvalue weighted by atomic mass is 16.7. The van der Waals surface area contributed by atoms with Crippen LogP contribution in [0, 0.1) is 0 Å². The molecular weight excluding hydrogens is 178 g/mol. The van der Waals surface area contributed by atoms with E-state index in [4.69, 9.17) is 0 Å². The first kappa shape index (κ1) is 11.6. The molecule has 0 aliphatic carbocycles. The fourth-order valence-electron chi connectivity index (χ4n) is 0.439. The van der Waals surface area contributed by atoms with Gasteiger partial charge in [0.05, 0.1) is 7.11 Å². The van der Waals surface area contributed by atoms with Crippen LogP contribution in [-0.4, -0.2) is 39.0 Å². The first-order valence-corrected chi connectivity index (χ1v) is 3.44. The molecule has 0 atom stereocenters. The fourth-order valence-corrected chi connectivity index (χ4v) is 0.439. The molecule has 0 unspecified atom stereocenters. The predicted molar refractivity (Wildman–Crippen MR) is 43.1 cm³/mol. The molecule has 0 aromatic rings. The number of methoxy groups -OCH3 is 2. The average Bonchev–Trinajstić information content (AvgIpc) is 2.12. The lowest BCUT2D eigenvalue weighted by molar-refractivity contribution is -0.142. The molecule has 0 radical (unpaired) electrons. The number of carbonyl (C=O) groups is 2. The van der Waals surface area contributed by atoms with Crippen molar-refractivity contribution in [3.05, 3.63) is 0 Å². The largest absolute Gasteiger partial charge is 0.469 e. The van der Waals surface area contributed by atoms with Crippen LogP contribution in [0.1, 0.15) is 6.42 Å². The van der Waals surface area contributed by atoms with E-state index in [2.05, 4.69) is 19.5 Å². The van der Waals surface area contributed by atoms with Crippen molar-refractivity contribution in [1.29, 1.82) is 0 Å². The Hall–Kier alpha value is -1.43. The molecule has 0 saturated heterocycles. The first-order chi connectivity index (χ1) is 6.20. The smallest absolute Gasteiger partial charge is 0.313 e. The summed E-state index contributed by atoms with van der Waals surface area (Å²) >= 11 is 0. The van der Waals surface area contributed by atoms with E-state index < -0.39 is 11.8 Å². The third-order valence-corrected chi connectivity index (χ3v) is 0.988. The highest BCUT2D eigenvalue weighted by Gasteiger charge is 2.06. The lowest BCUT2D eigenvalue weighted by Gasteiger charge is -1.95. The van der Waals surface area contributed by atoms with E-state index in [0.717, 1.165) is 6.21 Å². The van der Waals surface area contributed by atoms with Gasteiger partial charge in [-0.2, -0.15) is 0 Å². The number of hydrogen-bond acceptors (Lipinski definition) is 6. The zero-order chi connectivity index (χ0) is 10.1. The average molecular weight is 189 g/mol. The van der Waals surface area contributed by atoms with Gasteiger partial charge in [0.25, 0.3) is 0 Å². The van der Waals surface area contributed by atoms with Gasteiger partial charge in [-0.15, -0.1) is 0 Å². The molecular formula is C7H11NO5. The van der Waals surface area contributed by atoms with E-state index in [9.17, 15) is 9.59 Å². The van der Waals surface area contributed by atoms with E-state index in [1.54, 1.807) is 0 Å². The van der Waals surface area contributed by atoms with Gasteiger partial charge in [0, 0.05) is 7.11 Å². The zero-order valence-electron chi connectivity index (χ0n) is 7.48. The predicted octanol–water partition coefficient (Wildman–Crippen LogP) is -0.275. The van der Waals surface area contributed by atoms with E-state index in [-0.39, 0.29) is 13.2 Å². The van der Waals surface area contributed by atoms with Crippen molar-refractivity contribution < 1.29 is 23.9 Å². The third kappa shape index (κ3) is 6.95. The van der Waals surface area contributed by atoms with E-state index in [1.165, 1.54) is 14.2 Å². The molecule has 0 saturated carbocycles. The molecule has 0 bridgehead atoms. The summed E-state index contributed by atoms with van der Waals surface area (Å²) < 4.78 is 8.75. The molecule has 13 heavy (non-hydrogen) atoms. The quantitative estimate of drug-likeness (QED) is 0.143. The van der Waals surface area contributed by atoms with Crippen LogP contribution in [0.5, 0.6) is 0 Å². The summed E-state index contributed by atoms with van der Waals surface area (Å²) in [6, 6.07) is 0. The number of ether oxygens (including phenoxy) is 2. The van der Waals surface area contributed by atoms with E-state index >= 15 is 0 Å². The van der Waals surface area contributed by atoms with Crippen molar-refractivity contribution in [3.8, 4) is 0 Å². The summed E-state index contributed by atoms with van der Waals surface area (Å²) in [6.45, 7) is -0.0397. The number of hydrogen-bond donors (Lipinski definition) is 0. The summed E-state index contributed by atoms with van der Waals surface area (Å²) in [7, 11) is 2.62. The second-order valence-electron chi connectivity index (χ2n) is 1.99. The van der Waals surface area contributed by atoms with Gasteiger partial charge in [0.1, 0.15) is 12.6 Å². The SMILES string of the molecule is COCON=CC(=O)CC(=O)OC. The number of rotatable bonds is 6. The van der Waals surface area contributed by atoms with Crippen LogP contribution in [-0.2, 0) is 23.9 Å². The highest BCUT2D eigenvalue weighted by molar-refractivity contribution is 6.31. The Balaban J connectivity index is 3.61. The molecule has 0 aliphatic heterocycles. The number of nitrogens with zero attached hydrogens (tertiary/aromatic N) is 1. The summed E-state index contributed by atoms with van der Waals surface area (Å²) in [5, 5.41) is 3.24. The second-order valence-corrected chi connectivity index (χ2v) is 1.99. The number of carbonyl (C=O) groups excluding carboxylic acids is 2. The molecule has 0 aromatic carbocycles. The monoisotopic (exact) mass is 189 g/mol. The van der Waals surface area contributed by atoms with Crippen molar-refractivity contribution in [2.45, 2.75) is 6.42 Å².